The molecule has 0 aromatic rings. The van der Waals surface area contributed by atoms with Crippen LogP contribution in [0.1, 0.15) is 33.6 Å². The van der Waals surface area contributed by atoms with Gasteiger partial charge in [0.2, 0.25) is 0 Å². The van der Waals surface area contributed by atoms with E-state index in [1.165, 1.54) is 0 Å². The standard InChI is InChI=1S/C7H16O2S.Na/c1-4-7(2,3)5-6-10(8)9;/h4-6H2,1-3H3,(H,8,9);/q;+1/p-1. The van der Waals surface area contributed by atoms with E-state index >= 15 is 0 Å². The van der Waals surface area contributed by atoms with Gasteiger partial charge in [-0.1, -0.05) is 38.3 Å². The second-order valence-electron chi connectivity index (χ2n) is 3.28. The van der Waals surface area contributed by atoms with Gasteiger partial charge in [0.15, 0.2) is 0 Å². The number of hydrogen-bond donors (Lipinski definition) is 0. The summed E-state index contributed by atoms with van der Waals surface area (Å²) in [4.78, 5) is 0. The van der Waals surface area contributed by atoms with E-state index in [0.29, 0.717) is 5.75 Å². The van der Waals surface area contributed by atoms with E-state index in [1.54, 1.807) is 0 Å². The molecule has 62 valence electrons. The minimum absolute atomic E-state index is 0. The smallest absolute Gasteiger partial charge is 0.772 e. The quantitative estimate of drug-likeness (QED) is 0.404. The molecule has 0 aromatic heterocycles. The summed E-state index contributed by atoms with van der Waals surface area (Å²) in [6.45, 7) is 6.24. The van der Waals surface area contributed by atoms with Crippen molar-refractivity contribution in [2.75, 3.05) is 5.75 Å². The molecule has 0 radical (unpaired) electrons. The SMILES string of the molecule is CCC(C)(C)CCS(=O)[O-].[Na+]. The van der Waals surface area contributed by atoms with Crippen LogP contribution in [0.2, 0.25) is 0 Å². The maximum atomic E-state index is 10.2. The largest absolute Gasteiger partial charge is 1.00 e. The molecule has 0 rings (SSSR count). The van der Waals surface area contributed by atoms with Crippen molar-refractivity contribution < 1.29 is 38.3 Å². The Bertz CT molecular complexity index is 126. The monoisotopic (exact) mass is 186 g/mol. The van der Waals surface area contributed by atoms with Gasteiger partial charge >= 0.3 is 29.6 Å². The third-order valence-electron chi connectivity index (χ3n) is 1.90. The molecule has 0 aliphatic rings. The second kappa shape index (κ2) is 6.61. The molecule has 0 N–H and O–H groups in total. The average molecular weight is 186 g/mol. The normalized spacial score (nSPS) is 13.8. The number of rotatable bonds is 4. The fourth-order valence-corrected chi connectivity index (χ4v) is 1.26. The van der Waals surface area contributed by atoms with E-state index in [-0.39, 0.29) is 35.0 Å². The zero-order valence-electron chi connectivity index (χ0n) is 7.85. The Morgan fingerprint density at radius 3 is 2.18 bits per heavy atom. The van der Waals surface area contributed by atoms with E-state index in [4.69, 9.17) is 0 Å². The van der Waals surface area contributed by atoms with Crippen LogP contribution in [0.5, 0.6) is 0 Å². The van der Waals surface area contributed by atoms with Crippen LogP contribution in [0.25, 0.3) is 0 Å². The van der Waals surface area contributed by atoms with Gasteiger partial charge in [-0.2, -0.15) is 0 Å². The van der Waals surface area contributed by atoms with Gasteiger partial charge in [0.25, 0.3) is 0 Å². The van der Waals surface area contributed by atoms with Crippen LogP contribution in [0, 0.1) is 5.41 Å². The van der Waals surface area contributed by atoms with Gasteiger partial charge in [-0.3, -0.25) is 4.21 Å². The minimum Gasteiger partial charge on any atom is -0.772 e. The summed E-state index contributed by atoms with van der Waals surface area (Å²) in [6.07, 6.45) is 1.80. The molecule has 11 heavy (non-hydrogen) atoms. The molecule has 0 aliphatic heterocycles. The van der Waals surface area contributed by atoms with E-state index in [9.17, 15) is 8.76 Å². The Hall–Kier alpha value is 1.11. The van der Waals surface area contributed by atoms with E-state index in [1.807, 2.05) is 0 Å². The van der Waals surface area contributed by atoms with Crippen LogP contribution in [-0.4, -0.2) is 14.5 Å². The summed E-state index contributed by atoms with van der Waals surface area (Å²) in [5.74, 6) is 0.292. The van der Waals surface area contributed by atoms with Crippen LogP contribution >= 0.6 is 0 Å². The zero-order valence-corrected chi connectivity index (χ0v) is 10.7. The summed E-state index contributed by atoms with van der Waals surface area (Å²) < 4.78 is 20.3. The van der Waals surface area contributed by atoms with Crippen molar-refractivity contribution in [2.45, 2.75) is 33.6 Å². The first-order chi connectivity index (χ1) is 4.48. The molecule has 0 amide bonds. The molecule has 0 bridgehead atoms. The molecule has 0 heterocycles. The van der Waals surface area contributed by atoms with Gasteiger partial charge < -0.3 is 4.55 Å². The summed E-state index contributed by atoms with van der Waals surface area (Å²) in [6, 6.07) is 0. The zero-order chi connectivity index (χ0) is 8.20. The molecule has 1 atom stereocenters. The van der Waals surface area contributed by atoms with Gasteiger partial charge in [-0.25, -0.2) is 0 Å². The van der Waals surface area contributed by atoms with Gasteiger partial charge in [0.1, 0.15) is 0 Å². The molecule has 0 spiro atoms. The molecule has 0 aromatic carbocycles. The predicted octanol–water partition coefficient (Wildman–Crippen LogP) is -1.30. The maximum Gasteiger partial charge on any atom is 1.00 e. The van der Waals surface area contributed by atoms with E-state index in [2.05, 4.69) is 20.8 Å². The summed E-state index contributed by atoms with van der Waals surface area (Å²) in [5, 5.41) is 0. The van der Waals surface area contributed by atoms with Crippen molar-refractivity contribution in [1.82, 2.24) is 0 Å². The first kappa shape index (κ1) is 14.6. The molecule has 4 heteroatoms. The molecular formula is C7H15NaO2S. The Morgan fingerprint density at radius 1 is 1.45 bits per heavy atom. The van der Waals surface area contributed by atoms with Gasteiger partial charge in [-0.15, -0.1) is 0 Å². The van der Waals surface area contributed by atoms with Crippen molar-refractivity contribution in [1.29, 1.82) is 0 Å². The molecule has 2 nitrogen and oxygen atoms in total. The summed E-state index contributed by atoms with van der Waals surface area (Å²) in [5.41, 5.74) is 0.181. The van der Waals surface area contributed by atoms with Crippen molar-refractivity contribution in [3.05, 3.63) is 0 Å². The van der Waals surface area contributed by atoms with E-state index in [0.717, 1.165) is 12.8 Å². The topological polar surface area (TPSA) is 40.1 Å². The Balaban J connectivity index is 0. The third-order valence-corrected chi connectivity index (χ3v) is 2.44. The van der Waals surface area contributed by atoms with Crippen molar-refractivity contribution in [2.24, 2.45) is 5.41 Å². The van der Waals surface area contributed by atoms with Crippen molar-refractivity contribution >= 4 is 11.1 Å². The Morgan fingerprint density at radius 2 is 1.91 bits per heavy atom. The first-order valence-corrected chi connectivity index (χ1v) is 4.78. The molecule has 0 saturated heterocycles. The van der Waals surface area contributed by atoms with Gasteiger partial charge in [0.05, 0.1) is 0 Å². The van der Waals surface area contributed by atoms with Crippen molar-refractivity contribution in [3.63, 3.8) is 0 Å². The van der Waals surface area contributed by atoms with Gasteiger partial charge in [-0.05, 0) is 11.8 Å². The molecule has 0 saturated carbocycles. The minimum atomic E-state index is -1.86. The second-order valence-corrected chi connectivity index (χ2v) is 4.29. The molecule has 0 aliphatic carbocycles. The molecule has 1 unspecified atom stereocenters. The van der Waals surface area contributed by atoms with Gasteiger partial charge in [0, 0.05) is 5.75 Å². The van der Waals surface area contributed by atoms with Crippen LogP contribution in [-0.2, 0) is 11.1 Å². The Labute approximate surface area is 93.7 Å². The molecular weight excluding hydrogens is 171 g/mol. The van der Waals surface area contributed by atoms with Crippen LogP contribution < -0.4 is 29.6 Å². The summed E-state index contributed by atoms with van der Waals surface area (Å²) in [7, 11) is 0. The molecule has 0 fully saturated rings. The first-order valence-electron chi connectivity index (χ1n) is 3.54. The third kappa shape index (κ3) is 9.02. The van der Waals surface area contributed by atoms with Crippen LogP contribution in [0.3, 0.4) is 0 Å². The van der Waals surface area contributed by atoms with Crippen molar-refractivity contribution in [3.8, 4) is 0 Å². The fourth-order valence-electron chi connectivity index (χ4n) is 0.536. The van der Waals surface area contributed by atoms with Crippen LogP contribution in [0.15, 0.2) is 0 Å². The number of hydrogen-bond acceptors (Lipinski definition) is 2. The maximum absolute atomic E-state index is 10.2. The predicted molar refractivity (Wildman–Crippen MR) is 42.5 cm³/mol. The fraction of sp³-hybridized carbons (Fsp3) is 1.00. The van der Waals surface area contributed by atoms with Crippen LogP contribution in [0.4, 0.5) is 0 Å². The summed E-state index contributed by atoms with van der Waals surface area (Å²) >= 11 is -1.86. The van der Waals surface area contributed by atoms with E-state index < -0.39 is 11.1 Å². The Kier molecular flexibility index (Phi) is 8.78. The average Bonchev–Trinajstić information content (AvgIpc) is 1.85.